The van der Waals surface area contributed by atoms with Crippen LogP contribution in [0.3, 0.4) is 0 Å². The van der Waals surface area contributed by atoms with Gasteiger partial charge in [-0.1, -0.05) is 13.0 Å². The molecule has 0 radical (unpaired) electrons. The van der Waals surface area contributed by atoms with E-state index in [-0.39, 0.29) is 5.97 Å². The van der Waals surface area contributed by atoms with Crippen LogP contribution in [-0.4, -0.2) is 12.5 Å². The number of hydrogen-bond donors (Lipinski definition) is 1. The molecule has 0 unspecified atom stereocenters. The van der Waals surface area contributed by atoms with Crippen molar-refractivity contribution in [1.29, 1.82) is 0 Å². The fraction of sp³-hybridized carbons (Fsp3) is 0.571. The van der Waals surface area contributed by atoms with E-state index in [2.05, 4.69) is 16.9 Å². The van der Waals surface area contributed by atoms with Gasteiger partial charge in [-0.15, -0.1) is 12.1 Å². The topological polar surface area (TPSA) is 38.3 Å². The van der Waals surface area contributed by atoms with Gasteiger partial charge in [-0.25, -0.2) is 0 Å². The van der Waals surface area contributed by atoms with Crippen LogP contribution in [0.4, 0.5) is 0 Å². The molecular weight excluding hydrogens is 130 g/mol. The third-order valence-corrected chi connectivity index (χ3v) is 0.868. The van der Waals surface area contributed by atoms with Crippen LogP contribution in [0.25, 0.3) is 0 Å². The summed E-state index contributed by atoms with van der Waals surface area (Å²) in [6, 6.07) is 0. The lowest BCUT2D eigenvalue weighted by Gasteiger charge is -2.00. The molecule has 0 spiro atoms. The van der Waals surface area contributed by atoms with Crippen molar-refractivity contribution in [3.8, 4) is 0 Å². The van der Waals surface area contributed by atoms with Crippen molar-refractivity contribution in [1.82, 2.24) is 5.48 Å². The second-order valence-corrected chi connectivity index (χ2v) is 1.86. The molecule has 10 heavy (non-hydrogen) atoms. The number of carbonyl (C=O) groups excluding carboxylic acids is 1. The molecule has 0 aliphatic heterocycles. The first-order chi connectivity index (χ1) is 4.81. The van der Waals surface area contributed by atoms with Crippen molar-refractivity contribution in [2.24, 2.45) is 0 Å². The van der Waals surface area contributed by atoms with Crippen molar-refractivity contribution < 1.29 is 9.63 Å². The minimum absolute atomic E-state index is 0.218. The smallest absolute Gasteiger partial charge is 0.324 e. The number of hydrogen-bond acceptors (Lipinski definition) is 3. The molecule has 0 rings (SSSR count). The van der Waals surface area contributed by atoms with E-state index in [1.54, 1.807) is 6.08 Å². The van der Waals surface area contributed by atoms with Gasteiger partial charge < -0.3 is 4.84 Å². The SMILES string of the molecule is C=CCNOC(=O)CCC. The van der Waals surface area contributed by atoms with E-state index >= 15 is 0 Å². The standard InChI is InChI=1S/C7H13NO2/c1-3-5-7(9)10-8-6-4-2/h4,8H,2-3,5-6H2,1H3. The second-order valence-electron chi connectivity index (χ2n) is 1.86. The highest BCUT2D eigenvalue weighted by atomic mass is 16.7. The maximum atomic E-state index is 10.6. The molecule has 0 fully saturated rings. The van der Waals surface area contributed by atoms with Crippen molar-refractivity contribution in [3.05, 3.63) is 12.7 Å². The minimum Gasteiger partial charge on any atom is -0.370 e. The molecule has 0 aromatic heterocycles. The van der Waals surface area contributed by atoms with Crippen LogP contribution < -0.4 is 5.48 Å². The Morgan fingerprint density at radius 2 is 2.50 bits per heavy atom. The van der Waals surface area contributed by atoms with Crippen LogP contribution in [0.5, 0.6) is 0 Å². The molecule has 0 saturated heterocycles. The van der Waals surface area contributed by atoms with Gasteiger partial charge in [-0.2, -0.15) is 0 Å². The average molecular weight is 143 g/mol. The Kier molecular flexibility index (Phi) is 5.77. The van der Waals surface area contributed by atoms with Gasteiger partial charge in [0, 0.05) is 13.0 Å². The lowest BCUT2D eigenvalue weighted by molar-refractivity contribution is -0.150. The summed E-state index contributed by atoms with van der Waals surface area (Å²) in [6.07, 6.45) is 2.90. The Morgan fingerprint density at radius 3 is 3.00 bits per heavy atom. The summed E-state index contributed by atoms with van der Waals surface area (Å²) in [5.74, 6) is -0.218. The van der Waals surface area contributed by atoms with Gasteiger partial charge >= 0.3 is 5.97 Å². The largest absolute Gasteiger partial charge is 0.370 e. The van der Waals surface area contributed by atoms with Crippen LogP contribution >= 0.6 is 0 Å². The Morgan fingerprint density at radius 1 is 1.80 bits per heavy atom. The lowest BCUT2D eigenvalue weighted by Crippen LogP contribution is -2.19. The molecule has 0 aliphatic rings. The summed E-state index contributed by atoms with van der Waals surface area (Å²) in [4.78, 5) is 15.2. The van der Waals surface area contributed by atoms with Crippen molar-refractivity contribution >= 4 is 5.97 Å². The summed E-state index contributed by atoms with van der Waals surface area (Å²) >= 11 is 0. The molecule has 0 saturated carbocycles. The third kappa shape index (κ3) is 5.31. The van der Waals surface area contributed by atoms with Crippen LogP contribution in [0.2, 0.25) is 0 Å². The van der Waals surface area contributed by atoms with E-state index in [1.165, 1.54) is 0 Å². The van der Waals surface area contributed by atoms with Crippen molar-refractivity contribution in [2.75, 3.05) is 6.54 Å². The summed E-state index contributed by atoms with van der Waals surface area (Å²) in [6.45, 7) is 5.87. The molecule has 0 aliphatic carbocycles. The van der Waals surface area contributed by atoms with Gasteiger partial charge in [-0.3, -0.25) is 4.79 Å². The van der Waals surface area contributed by atoms with E-state index in [9.17, 15) is 4.79 Å². The van der Waals surface area contributed by atoms with Crippen LogP contribution in [-0.2, 0) is 9.63 Å². The highest BCUT2D eigenvalue weighted by molar-refractivity contribution is 5.68. The highest BCUT2D eigenvalue weighted by Gasteiger charge is 1.97. The van der Waals surface area contributed by atoms with E-state index in [0.717, 1.165) is 6.42 Å². The Bertz CT molecular complexity index is 112. The lowest BCUT2D eigenvalue weighted by atomic mass is 10.3. The maximum Gasteiger partial charge on any atom is 0.324 e. The number of rotatable bonds is 5. The fourth-order valence-corrected chi connectivity index (χ4v) is 0.436. The van der Waals surface area contributed by atoms with Gasteiger partial charge in [0.05, 0.1) is 0 Å². The Balaban J connectivity index is 3.13. The number of carbonyl (C=O) groups is 1. The van der Waals surface area contributed by atoms with E-state index in [4.69, 9.17) is 0 Å². The van der Waals surface area contributed by atoms with Gasteiger partial charge in [0.2, 0.25) is 0 Å². The molecule has 3 heteroatoms. The predicted molar refractivity (Wildman–Crippen MR) is 39.2 cm³/mol. The average Bonchev–Trinajstić information content (AvgIpc) is 1.89. The third-order valence-electron chi connectivity index (χ3n) is 0.868. The Hall–Kier alpha value is -0.830. The molecule has 0 bridgehead atoms. The second kappa shape index (κ2) is 6.29. The molecule has 0 aromatic carbocycles. The molecule has 3 nitrogen and oxygen atoms in total. The van der Waals surface area contributed by atoms with E-state index in [0.29, 0.717) is 13.0 Å². The quantitative estimate of drug-likeness (QED) is 0.355. The molecule has 0 aromatic rings. The zero-order valence-electron chi connectivity index (χ0n) is 6.22. The van der Waals surface area contributed by atoms with Crippen molar-refractivity contribution in [3.63, 3.8) is 0 Å². The van der Waals surface area contributed by atoms with Gasteiger partial charge in [0.25, 0.3) is 0 Å². The molecule has 0 heterocycles. The fourth-order valence-electron chi connectivity index (χ4n) is 0.436. The summed E-state index contributed by atoms with van der Waals surface area (Å²) in [7, 11) is 0. The molecule has 0 atom stereocenters. The highest BCUT2D eigenvalue weighted by Crippen LogP contribution is 1.87. The zero-order chi connectivity index (χ0) is 7.82. The first-order valence-corrected chi connectivity index (χ1v) is 3.34. The summed E-state index contributed by atoms with van der Waals surface area (Å²) in [5.41, 5.74) is 2.45. The predicted octanol–water partition coefficient (Wildman–Crippen LogP) is 1.02. The van der Waals surface area contributed by atoms with Gasteiger partial charge in [-0.05, 0) is 6.42 Å². The Labute approximate surface area is 61.0 Å². The van der Waals surface area contributed by atoms with E-state index < -0.39 is 0 Å². The molecular formula is C7H13NO2. The number of hydroxylamine groups is 1. The summed E-state index contributed by atoms with van der Waals surface area (Å²) < 4.78 is 0. The first-order valence-electron chi connectivity index (χ1n) is 3.34. The minimum atomic E-state index is -0.218. The van der Waals surface area contributed by atoms with Crippen molar-refractivity contribution in [2.45, 2.75) is 19.8 Å². The molecule has 1 N–H and O–H groups in total. The summed E-state index contributed by atoms with van der Waals surface area (Å²) in [5, 5.41) is 0. The molecule has 0 amide bonds. The van der Waals surface area contributed by atoms with E-state index in [1.807, 2.05) is 6.92 Å². The van der Waals surface area contributed by atoms with Crippen LogP contribution in [0.15, 0.2) is 12.7 Å². The van der Waals surface area contributed by atoms with Gasteiger partial charge in [0.15, 0.2) is 0 Å². The van der Waals surface area contributed by atoms with Gasteiger partial charge in [0.1, 0.15) is 0 Å². The van der Waals surface area contributed by atoms with Crippen LogP contribution in [0, 0.1) is 0 Å². The first kappa shape index (κ1) is 9.17. The molecule has 58 valence electrons. The zero-order valence-corrected chi connectivity index (χ0v) is 6.22. The maximum absolute atomic E-state index is 10.6. The monoisotopic (exact) mass is 143 g/mol. The normalized spacial score (nSPS) is 8.90. The van der Waals surface area contributed by atoms with Crippen LogP contribution in [0.1, 0.15) is 19.8 Å². The number of nitrogens with one attached hydrogen (secondary N) is 1.